The number of rotatable bonds is 7. The molecule has 0 spiro atoms. The number of benzene rings is 1. The van der Waals surface area contributed by atoms with Gasteiger partial charge in [0.1, 0.15) is 11.6 Å². The van der Waals surface area contributed by atoms with Crippen LogP contribution in [-0.4, -0.2) is 12.6 Å². The van der Waals surface area contributed by atoms with Gasteiger partial charge in [0.15, 0.2) is 0 Å². The van der Waals surface area contributed by atoms with Crippen LogP contribution >= 0.6 is 0 Å². The molecule has 2 atom stereocenters. The van der Waals surface area contributed by atoms with Gasteiger partial charge in [-0.2, -0.15) is 0 Å². The van der Waals surface area contributed by atoms with Gasteiger partial charge in [0.25, 0.3) is 0 Å². The monoisotopic (exact) mass is 255 g/mol. The van der Waals surface area contributed by atoms with Crippen LogP contribution in [0.15, 0.2) is 18.2 Å². The molecule has 0 aliphatic carbocycles. The minimum absolute atomic E-state index is 0.290. The van der Waals surface area contributed by atoms with E-state index in [0.29, 0.717) is 18.0 Å². The highest BCUT2D eigenvalue weighted by Crippen LogP contribution is 2.18. The molecule has 0 radical (unpaired) electrons. The van der Waals surface area contributed by atoms with Gasteiger partial charge in [-0.3, -0.25) is 0 Å². The highest BCUT2D eigenvalue weighted by atomic mass is 19.1. The van der Waals surface area contributed by atoms with Gasteiger partial charge in [-0.1, -0.05) is 20.8 Å². The van der Waals surface area contributed by atoms with E-state index < -0.39 is 0 Å². The fraction of sp³-hybridized carbons (Fsp3) is 0.600. The van der Waals surface area contributed by atoms with Crippen LogP contribution in [-0.2, 0) is 6.42 Å². The molecule has 2 unspecified atom stereocenters. The average Bonchev–Trinajstić information content (AvgIpc) is 2.35. The molecule has 0 bridgehead atoms. The lowest BCUT2D eigenvalue weighted by molar-refractivity contribution is 0.361. The van der Waals surface area contributed by atoms with E-state index in [4.69, 9.17) is 0 Å². The first-order valence-corrected chi connectivity index (χ1v) is 6.75. The molecular weight excluding hydrogens is 232 g/mol. The number of halogens is 2. The zero-order chi connectivity index (χ0) is 13.5. The van der Waals surface area contributed by atoms with Crippen LogP contribution in [0.1, 0.15) is 39.2 Å². The summed E-state index contributed by atoms with van der Waals surface area (Å²) in [6.45, 7) is 7.29. The highest BCUT2D eigenvalue weighted by Gasteiger charge is 2.17. The molecule has 0 heterocycles. The van der Waals surface area contributed by atoms with Gasteiger partial charge in [0.05, 0.1) is 0 Å². The van der Waals surface area contributed by atoms with Crippen LogP contribution in [0.3, 0.4) is 0 Å². The second kappa shape index (κ2) is 7.47. The Hall–Kier alpha value is -0.960. The Morgan fingerprint density at radius 2 is 1.94 bits per heavy atom. The average molecular weight is 255 g/mol. The predicted molar refractivity (Wildman–Crippen MR) is 71.6 cm³/mol. The van der Waals surface area contributed by atoms with Crippen molar-refractivity contribution in [1.82, 2.24) is 5.32 Å². The van der Waals surface area contributed by atoms with Crippen LogP contribution in [0.5, 0.6) is 0 Å². The van der Waals surface area contributed by atoms with Crippen LogP contribution in [0.2, 0.25) is 0 Å². The van der Waals surface area contributed by atoms with E-state index in [9.17, 15) is 8.78 Å². The Morgan fingerprint density at radius 1 is 1.22 bits per heavy atom. The third-order valence-electron chi connectivity index (χ3n) is 3.33. The van der Waals surface area contributed by atoms with Crippen molar-refractivity contribution in [2.75, 3.05) is 6.54 Å². The molecule has 0 amide bonds. The third-order valence-corrected chi connectivity index (χ3v) is 3.33. The lowest BCUT2D eigenvalue weighted by atomic mass is 9.92. The smallest absolute Gasteiger partial charge is 0.126 e. The van der Waals surface area contributed by atoms with E-state index >= 15 is 0 Å². The van der Waals surface area contributed by atoms with Crippen molar-refractivity contribution in [2.45, 2.75) is 46.1 Å². The Kier molecular flexibility index (Phi) is 6.27. The van der Waals surface area contributed by atoms with Gasteiger partial charge in [-0.25, -0.2) is 8.78 Å². The van der Waals surface area contributed by atoms with Gasteiger partial charge >= 0.3 is 0 Å². The Balaban J connectivity index is 2.66. The Labute approximate surface area is 109 Å². The van der Waals surface area contributed by atoms with Gasteiger partial charge in [-0.15, -0.1) is 0 Å². The maximum atomic E-state index is 13.6. The van der Waals surface area contributed by atoms with E-state index in [0.717, 1.165) is 25.5 Å². The lowest BCUT2D eigenvalue weighted by Crippen LogP contribution is -2.36. The van der Waals surface area contributed by atoms with Crippen LogP contribution in [0.25, 0.3) is 0 Å². The molecule has 3 heteroatoms. The van der Waals surface area contributed by atoms with Crippen LogP contribution in [0, 0.1) is 17.6 Å². The quantitative estimate of drug-likeness (QED) is 0.778. The number of hydrogen-bond donors (Lipinski definition) is 1. The van der Waals surface area contributed by atoms with Gasteiger partial charge < -0.3 is 5.32 Å². The largest absolute Gasteiger partial charge is 0.314 e. The molecule has 1 aromatic carbocycles. The second-order valence-corrected chi connectivity index (χ2v) is 4.89. The summed E-state index contributed by atoms with van der Waals surface area (Å²) in [5, 5.41) is 3.46. The van der Waals surface area contributed by atoms with E-state index in [1.54, 1.807) is 0 Å². The highest BCUT2D eigenvalue weighted by molar-refractivity contribution is 5.19. The molecule has 1 aromatic rings. The fourth-order valence-corrected chi connectivity index (χ4v) is 2.27. The summed E-state index contributed by atoms with van der Waals surface area (Å²) in [6.07, 6.45) is 2.65. The minimum Gasteiger partial charge on any atom is -0.314 e. The van der Waals surface area contributed by atoms with Crippen molar-refractivity contribution >= 4 is 0 Å². The van der Waals surface area contributed by atoms with E-state index in [-0.39, 0.29) is 17.6 Å². The summed E-state index contributed by atoms with van der Waals surface area (Å²) in [4.78, 5) is 0. The Bertz CT molecular complexity index is 366. The zero-order valence-electron chi connectivity index (χ0n) is 11.5. The first kappa shape index (κ1) is 15.1. The summed E-state index contributed by atoms with van der Waals surface area (Å²) in [7, 11) is 0. The molecule has 0 saturated heterocycles. The standard InChI is InChI=1S/C15H23F2N/c1-4-8-18-15(5-2)11(3)9-12-10-13(16)6-7-14(12)17/h6-7,10-11,15,18H,4-5,8-9H2,1-3H3. The second-order valence-electron chi connectivity index (χ2n) is 4.89. The molecule has 0 aromatic heterocycles. The summed E-state index contributed by atoms with van der Waals surface area (Å²) < 4.78 is 26.7. The lowest BCUT2D eigenvalue weighted by Gasteiger charge is -2.24. The third kappa shape index (κ3) is 4.37. The first-order chi connectivity index (χ1) is 8.58. The Morgan fingerprint density at radius 3 is 2.56 bits per heavy atom. The minimum atomic E-state index is -0.367. The molecule has 0 fully saturated rings. The maximum absolute atomic E-state index is 13.6. The summed E-state index contributed by atoms with van der Waals surface area (Å²) in [5.74, 6) is -0.389. The summed E-state index contributed by atoms with van der Waals surface area (Å²) >= 11 is 0. The topological polar surface area (TPSA) is 12.0 Å². The SMILES string of the molecule is CCCNC(CC)C(C)Cc1cc(F)ccc1F. The van der Waals surface area contributed by atoms with Crippen molar-refractivity contribution in [2.24, 2.45) is 5.92 Å². The number of nitrogens with one attached hydrogen (secondary N) is 1. The van der Waals surface area contributed by atoms with Crippen molar-refractivity contribution in [3.05, 3.63) is 35.4 Å². The predicted octanol–water partition coefficient (Wildman–Crippen LogP) is 3.92. The molecular formula is C15H23F2N. The molecule has 0 aliphatic rings. The zero-order valence-corrected chi connectivity index (χ0v) is 11.5. The van der Waals surface area contributed by atoms with E-state index in [1.165, 1.54) is 12.1 Å². The van der Waals surface area contributed by atoms with Crippen LogP contribution < -0.4 is 5.32 Å². The number of hydrogen-bond acceptors (Lipinski definition) is 1. The summed E-state index contributed by atoms with van der Waals surface area (Å²) in [6, 6.07) is 4.03. The van der Waals surface area contributed by atoms with Gasteiger partial charge in [-0.05, 0) is 55.5 Å². The van der Waals surface area contributed by atoms with Crippen molar-refractivity contribution in [1.29, 1.82) is 0 Å². The van der Waals surface area contributed by atoms with Gasteiger partial charge in [0, 0.05) is 6.04 Å². The molecule has 1 rings (SSSR count). The van der Waals surface area contributed by atoms with E-state index in [1.807, 2.05) is 0 Å². The summed E-state index contributed by atoms with van der Waals surface area (Å²) in [5.41, 5.74) is 0.472. The van der Waals surface area contributed by atoms with Gasteiger partial charge in [0.2, 0.25) is 0 Å². The van der Waals surface area contributed by atoms with Crippen molar-refractivity contribution in [3.8, 4) is 0 Å². The van der Waals surface area contributed by atoms with Crippen molar-refractivity contribution in [3.63, 3.8) is 0 Å². The molecule has 1 nitrogen and oxygen atoms in total. The normalized spacial score (nSPS) is 14.5. The molecule has 0 aliphatic heterocycles. The van der Waals surface area contributed by atoms with Crippen molar-refractivity contribution < 1.29 is 8.78 Å². The fourth-order valence-electron chi connectivity index (χ4n) is 2.27. The van der Waals surface area contributed by atoms with E-state index in [2.05, 4.69) is 26.1 Å². The molecule has 0 saturated carbocycles. The molecule has 1 N–H and O–H groups in total. The molecule has 18 heavy (non-hydrogen) atoms. The van der Waals surface area contributed by atoms with Crippen LogP contribution in [0.4, 0.5) is 8.78 Å². The molecule has 102 valence electrons. The maximum Gasteiger partial charge on any atom is 0.126 e. The first-order valence-electron chi connectivity index (χ1n) is 6.75.